The predicted octanol–water partition coefficient (Wildman–Crippen LogP) is 4.66. The van der Waals surface area contributed by atoms with E-state index < -0.39 is 0 Å². The predicted molar refractivity (Wildman–Crippen MR) is 125 cm³/mol. The van der Waals surface area contributed by atoms with Gasteiger partial charge >= 0.3 is 0 Å². The largest absolute Gasteiger partial charge is 0.489 e. The normalized spacial score (nSPS) is 10.9. The van der Waals surface area contributed by atoms with Crippen molar-refractivity contribution < 1.29 is 14.1 Å². The molecular weight excluding hydrogens is 416 g/mol. The molecule has 0 radical (unpaired) electrons. The summed E-state index contributed by atoms with van der Waals surface area (Å²) in [5.74, 6) is 1.29. The molecule has 7 nitrogen and oxygen atoms in total. The molecule has 2 heterocycles. The second-order valence-electron chi connectivity index (χ2n) is 8.09. The maximum atomic E-state index is 12.7. The molecule has 33 heavy (non-hydrogen) atoms. The van der Waals surface area contributed by atoms with Crippen LogP contribution in [0.2, 0.25) is 0 Å². The lowest BCUT2D eigenvalue weighted by atomic mass is 10.1. The third-order valence-corrected chi connectivity index (χ3v) is 5.81. The monoisotopic (exact) mass is 444 g/mol. The summed E-state index contributed by atoms with van der Waals surface area (Å²) in [6, 6.07) is 17.3. The molecule has 170 valence electrons. The van der Waals surface area contributed by atoms with Crippen LogP contribution >= 0.6 is 0 Å². The van der Waals surface area contributed by atoms with Gasteiger partial charge in [0.1, 0.15) is 18.1 Å². The SMILES string of the molecule is Cc1noc(C)c1COc1ccc(C(=O)NCc2c(C)nn(Cc3ccccc3)c2C)cc1. The van der Waals surface area contributed by atoms with Gasteiger partial charge in [-0.05, 0) is 57.5 Å². The Kier molecular flexibility index (Phi) is 6.58. The van der Waals surface area contributed by atoms with E-state index in [0.717, 1.165) is 34.0 Å². The number of aryl methyl sites for hydroxylation is 3. The Morgan fingerprint density at radius 1 is 0.970 bits per heavy atom. The third-order valence-electron chi connectivity index (χ3n) is 5.81. The zero-order valence-electron chi connectivity index (χ0n) is 19.4. The van der Waals surface area contributed by atoms with Gasteiger partial charge in [-0.3, -0.25) is 9.48 Å². The molecule has 7 heteroatoms. The molecule has 0 atom stereocenters. The molecule has 0 spiro atoms. The van der Waals surface area contributed by atoms with Gasteiger partial charge in [0.15, 0.2) is 0 Å². The molecule has 1 amide bonds. The Morgan fingerprint density at radius 3 is 2.36 bits per heavy atom. The molecule has 1 N–H and O–H groups in total. The number of hydrogen-bond acceptors (Lipinski definition) is 5. The van der Waals surface area contributed by atoms with Gasteiger partial charge in [-0.2, -0.15) is 5.10 Å². The van der Waals surface area contributed by atoms with Crippen LogP contribution in [-0.4, -0.2) is 20.8 Å². The lowest BCUT2D eigenvalue weighted by Gasteiger charge is -2.09. The molecule has 4 aromatic rings. The zero-order valence-corrected chi connectivity index (χ0v) is 19.4. The Bertz CT molecular complexity index is 1220. The van der Waals surface area contributed by atoms with Crippen LogP contribution in [-0.2, 0) is 19.7 Å². The smallest absolute Gasteiger partial charge is 0.251 e. The molecule has 0 saturated heterocycles. The maximum absolute atomic E-state index is 12.7. The first-order valence-electron chi connectivity index (χ1n) is 10.9. The number of carbonyl (C=O) groups is 1. The Morgan fingerprint density at radius 2 is 1.70 bits per heavy atom. The van der Waals surface area contributed by atoms with E-state index in [0.29, 0.717) is 31.0 Å². The van der Waals surface area contributed by atoms with E-state index in [4.69, 9.17) is 9.26 Å². The summed E-state index contributed by atoms with van der Waals surface area (Å²) >= 11 is 0. The fourth-order valence-corrected chi connectivity index (χ4v) is 3.74. The number of rotatable bonds is 8. The quantitative estimate of drug-likeness (QED) is 0.427. The van der Waals surface area contributed by atoms with Gasteiger partial charge in [-0.15, -0.1) is 0 Å². The summed E-state index contributed by atoms with van der Waals surface area (Å²) in [4.78, 5) is 12.7. The van der Waals surface area contributed by atoms with Crippen molar-refractivity contribution >= 4 is 5.91 Å². The summed E-state index contributed by atoms with van der Waals surface area (Å²) in [6.45, 7) is 9.26. The van der Waals surface area contributed by atoms with Gasteiger partial charge < -0.3 is 14.6 Å². The van der Waals surface area contributed by atoms with Crippen molar-refractivity contribution in [1.29, 1.82) is 0 Å². The average molecular weight is 445 g/mol. The molecular formula is C26H28N4O3. The number of carbonyl (C=O) groups excluding carboxylic acids is 1. The number of hydrogen-bond donors (Lipinski definition) is 1. The molecule has 0 unspecified atom stereocenters. The van der Waals surface area contributed by atoms with Crippen molar-refractivity contribution in [2.75, 3.05) is 0 Å². The molecule has 0 aliphatic heterocycles. The third kappa shape index (κ3) is 5.14. The van der Waals surface area contributed by atoms with Crippen LogP contribution in [0.3, 0.4) is 0 Å². The van der Waals surface area contributed by atoms with Gasteiger partial charge in [0.2, 0.25) is 0 Å². The molecule has 2 aromatic carbocycles. The molecule has 0 aliphatic rings. The summed E-state index contributed by atoms with van der Waals surface area (Å²) < 4.78 is 13.0. The topological polar surface area (TPSA) is 82.2 Å². The summed E-state index contributed by atoms with van der Waals surface area (Å²) in [6.07, 6.45) is 0. The minimum absolute atomic E-state index is 0.137. The fourth-order valence-electron chi connectivity index (χ4n) is 3.74. The van der Waals surface area contributed by atoms with Gasteiger partial charge in [-0.25, -0.2) is 0 Å². The molecule has 4 rings (SSSR count). The van der Waals surface area contributed by atoms with E-state index in [1.54, 1.807) is 24.3 Å². The summed E-state index contributed by atoms with van der Waals surface area (Å²) in [5.41, 5.74) is 6.55. The standard InChI is InChI=1S/C26H28N4O3/c1-17-24(19(3)30(28-17)15-21-8-6-5-7-9-21)14-27-26(31)22-10-12-23(13-11-22)32-16-25-18(2)29-33-20(25)4/h5-13H,14-16H2,1-4H3,(H,27,31). The van der Waals surface area contributed by atoms with E-state index in [1.807, 2.05) is 50.6 Å². The number of nitrogens with one attached hydrogen (secondary N) is 1. The second kappa shape index (κ2) is 9.73. The second-order valence-corrected chi connectivity index (χ2v) is 8.09. The fraction of sp³-hybridized carbons (Fsp3) is 0.269. The van der Waals surface area contributed by atoms with Crippen LogP contribution in [0.15, 0.2) is 59.1 Å². The molecule has 0 aliphatic carbocycles. The summed E-state index contributed by atoms with van der Waals surface area (Å²) in [5, 5.41) is 11.6. The van der Waals surface area contributed by atoms with E-state index >= 15 is 0 Å². The Labute approximate surface area is 193 Å². The van der Waals surface area contributed by atoms with Crippen LogP contribution in [0.25, 0.3) is 0 Å². The van der Waals surface area contributed by atoms with Crippen LogP contribution < -0.4 is 10.1 Å². The Balaban J connectivity index is 1.35. The number of aromatic nitrogens is 3. The Hall–Kier alpha value is -3.87. The minimum atomic E-state index is -0.137. The highest BCUT2D eigenvalue weighted by molar-refractivity contribution is 5.94. The van der Waals surface area contributed by atoms with Crippen LogP contribution in [0.4, 0.5) is 0 Å². The maximum Gasteiger partial charge on any atom is 0.251 e. The zero-order chi connectivity index (χ0) is 23.4. The highest BCUT2D eigenvalue weighted by Gasteiger charge is 2.14. The summed E-state index contributed by atoms with van der Waals surface area (Å²) in [7, 11) is 0. The van der Waals surface area contributed by atoms with E-state index in [2.05, 4.69) is 27.7 Å². The van der Waals surface area contributed by atoms with Crippen molar-refractivity contribution in [3.05, 3.63) is 99.7 Å². The first-order chi connectivity index (χ1) is 15.9. The molecule has 0 saturated carbocycles. The van der Waals surface area contributed by atoms with Gasteiger partial charge in [0, 0.05) is 23.4 Å². The number of amides is 1. The van der Waals surface area contributed by atoms with E-state index in [1.165, 1.54) is 5.56 Å². The lowest BCUT2D eigenvalue weighted by Crippen LogP contribution is -2.23. The van der Waals surface area contributed by atoms with Crippen LogP contribution in [0.5, 0.6) is 5.75 Å². The minimum Gasteiger partial charge on any atom is -0.489 e. The average Bonchev–Trinajstić information content (AvgIpc) is 3.28. The van der Waals surface area contributed by atoms with Gasteiger partial charge in [0.05, 0.1) is 23.5 Å². The van der Waals surface area contributed by atoms with Crippen molar-refractivity contribution in [3.63, 3.8) is 0 Å². The highest BCUT2D eigenvalue weighted by atomic mass is 16.5. The number of benzene rings is 2. The number of nitrogens with zero attached hydrogens (tertiary/aromatic N) is 3. The molecule has 2 aromatic heterocycles. The van der Waals surface area contributed by atoms with Gasteiger partial charge in [0.25, 0.3) is 5.91 Å². The van der Waals surface area contributed by atoms with Crippen molar-refractivity contribution in [3.8, 4) is 5.75 Å². The van der Waals surface area contributed by atoms with Crippen LogP contribution in [0.1, 0.15) is 49.9 Å². The molecule has 0 fully saturated rings. The van der Waals surface area contributed by atoms with E-state index in [-0.39, 0.29) is 5.91 Å². The van der Waals surface area contributed by atoms with Crippen molar-refractivity contribution in [2.45, 2.75) is 47.4 Å². The highest BCUT2D eigenvalue weighted by Crippen LogP contribution is 2.19. The number of ether oxygens (including phenoxy) is 1. The first-order valence-corrected chi connectivity index (χ1v) is 10.9. The first kappa shape index (κ1) is 22.3. The van der Waals surface area contributed by atoms with Crippen molar-refractivity contribution in [2.24, 2.45) is 0 Å². The van der Waals surface area contributed by atoms with Crippen LogP contribution in [0, 0.1) is 27.7 Å². The van der Waals surface area contributed by atoms with E-state index in [9.17, 15) is 4.79 Å². The molecule has 0 bridgehead atoms. The lowest BCUT2D eigenvalue weighted by molar-refractivity contribution is 0.0951. The van der Waals surface area contributed by atoms with Gasteiger partial charge in [-0.1, -0.05) is 35.5 Å². The van der Waals surface area contributed by atoms with Crippen molar-refractivity contribution in [1.82, 2.24) is 20.3 Å².